The number of rotatable bonds is 6. The van der Waals surface area contributed by atoms with Gasteiger partial charge in [-0.05, 0) is 32.6 Å². The molecule has 0 amide bonds. The monoisotopic (exact) mass is 313 g/mol. The van der Waals surface area contributed by atoms with E-state index in [0.717, 1.165) is 32.1 Å². The molecule has 1 heterocycles. The first-order valence-electron chi connectivity index (χ1n) is 6.90. The summed E-state index contributed by atoms with van der Waals surface area (Å²) in [5.74, 6) is 0. The summed E-state index contributed by atoms with van der Waals surface area (Å²) in [6, 6.07) is 0.0895. The van der Waals surface area contributed by atoms with Crippen molar-refractivity contribution in [3.05, 3.63) is 0 Å². The van der Waals surface area contributed by atoms with Gasteiger partial charge in [0.25, 0.3) is 10.2 Å². The lowest BCUT2D eigenvalue weighted by atomic mass is 9.95. The summed E-state index contributed by atoms with van der Waals surface area (Å²) in [7, 11) is -3.38. The molecule has 3 N–H and O–H groups in total. The molecule has 1 aliphatic heterocycles. The lowest BCUT2D eigenvalue weighted by molar-refractivity contribution is 0.263. The molecule has 1 saturated heterocycles. The van der Waals surface area contributed by atoms with Crippen LogP contribution in [0.3, 0.4) is 0 Å². The lowest BCUT2D eigenvalue weighted by Crippen LogP contribution is -2.54. The molecule has 1 atom stereocenters. The number of hydrogen-bond acceptors (Lipinski definition) is 3. The van der Waals surface area contributed by atoms with Crippen LogP contribution in [0, 0.1) is 0 Å². The Hall–Kier alpha value is 0.120. The quantitative estimate of drug-likeness (QED) is 0.782. The van der Waals surface area contributed by atoms with Crippen LogP contribution in [-0.2, 0) is 10.2 Å². The second-order valence-corrected chi connectivity index (χ2v) is 7.06. The standard InChI is InChI=1S/C12H27N3O2S.ClH/c1-4-12(13,5-2)10-14-18(16,17)15-9-7-6-8-11(15)3;/h11,14H,4-10,13H2,1-3H3;1H. The first kappa shape index (κ1) is 19.1. The molecular formula is C12H28ClN3O2S. The third kappa shape index (κ3) is 5.19. The SMILES string of the molecule is CCC(N)(CC)CNS(=O)(=O)N1CCCCC1C.Cl. The minimum Gasteiger partial charge on any atom is -0.324 e. The average molecular weight is 314 g/mol. The van der Waals surface area contributed by atoms with Gasteiger partial charge < -0.3 is 5.73 Å². The van der Waals surface area contributed by atoms with Crippen LogP contribution in [0.15, 0.2) is 0 Å². The normalized spacial score (nSPS) is 22.0. The van der Waals surface area contributed by atoms with Gasteiger partial charge in [-0.2, -0.15) is 12.7 Å². The van der Waals surface area contributed by atoms with Crippen molar-refractivity contribution in [3.8, 4) is 0 Å². The summed E-state index contributed by atoms with van der Waals surface area (Å²) in [4.78, 5) is 0. The number of hydrogen-bond donors (Lipinski definition) is 2. The molecule has 1 aliphatic rings. The van der Waals surface area contributed by atoms with Crippen LogP contribution in [0.2, 0.25) is 0 Å². The zero-order valence-electron chi connectivity index (χ0n) is 12.2. The van der Waals surface area contributed by atoms with Gasteiger partial charge in [0.15, 0.2) is 0 Å². The summed E-state index contributed by atoms with van der Waals surface area (Å²) < 4.78 is 28.7. The number of nitrogens with zero attached hydrogens (tertiary/aromatic N) is 1. The van der Waals surface area contributed by atoms with Crippen molar-refractivity contribution in [2.75, 3.05) is 13.1 Å². The van der Waals surface area contributed by atoms with Crippen molar-refractivity contribution < 1.29 is 8.42 Å². The van der Waals surface area contributed by atoms with Crippen molar-refractivity contribution in [1.29, 1.82) is 0 Å². The molecule has 1 fully saturated rings. The molecule has 5 nitrogen and oxygen atoms in total. The van der Waals surface area contributed by atoms with E-state index in [1.54, 1.807) is 4.31 Å². The van der Waals surface area contributed by atoms with Gasteiger partial charge in [-0.25, -0.2) is 4.72 Å². The zero-order chi connectivity index (χ0) is 13.8. The largest absolute Gasteiger partial charge is 0.324 e. The number of piperidine rings is 1. The Kier molecular flexibility index (Phi) is 7.83. The molecule has 0 aromatic rings. The van der Waals surface area contributed by atoms with Crippen LogP contribution in [0.25, 0.3) is 0 Å². The molecule has 0 spiro atoms. The Labute approximate surface area is 123 Å². The summed E-state index contributed by atoms with van der Waals surface area (Å²) in [5, 5.41) is 0. The Morgan fingerprint density at radius 1 is 1.32 bits per heavy atom. The highest BCUT2D eigenvalue weighted by molar-refractivity contribution is 7.87. The van der Waals surface area contributed by atoms with Crippen LogP contribution >= 0.6 is 12.4 Å². The van der Waals surface area contributed by atoms with E-state index in [1.165, 1.54) is 0 Å². The van der Waals surface area contributed by atoms with E-state index in [2.05, 4.69) is 4.72 Å². The van der Waals surface area contributed by atoms with E-state index in [4.69, 9.17) is 5.73 Å². The van der Waals surface area contributed by atoms with Gasteiger partial charge in [-0.3, -0.25) is 0 Å². The number of nitrogens with one attached hydrogen (secondary N) is 1. The summed E-state index contributed by atoms with van der Waals surface area (Å²) >= 11 is 0. The third-order valence-corrected chi connectivity index (χ3v) is 5.73. The molecule has 1 rings (SSSR count). The van der Waals surface area contributed by atoms with Crippen LogP contribution in [0.4, 0.5) is 0 Å². The average Bonchev–Trinajstić information content (AvgIpc) is 2.36. The zero-order valence-corrected chi connectivity index (χ0v) is 13.8. The van der Waals surface area contributed by atoms with E-state index in [-0.39, 0.29) is 18.4 Å². The maximum Gasteiger partial charge on any atom is 0.279 e. The molecule has 0 radical (unpaired) electrons. The van der Waals surface area contributed by atoms with E-state index in [1.807, 2.05) is 20.8 Å². The molecular weight excluding hydrogens is 286 g/mol. The Morgan fingerprint density at radius 3 is 2.37 bits per heavy atom. The van der Waals surface area contributed by atoms with Crippen LogP contribution < -0.4 is 10.5 Å². The fraction of sp³-hybridized carbons (Fsp3) is 1.00. The molecule has 0 saturated carbocycles. The van der Waals surface area contributed by atoms with Gasteiger partial charge in [-0.1, -0.05) is 20.3 Å². The van der Waals surface area contributed by atoms with Crippen LogP contribution in [0.5, 0.6) is 0 Å². The third-order valence-electron chi connectivity index (χ3n) is 4.07. The van der Waals surface area contributed by atoms with Gasteiger partial charge in [0.05, 0.1) is 0 Å². The number of nitrogens with two attached hydrogens (primary N) is 1. The van der Waals surface area contributed by atoms with E-state index >= 15 is 0 Å². The Bertz CT molecular complexity index is 358. The molecule has 116 valence electrons. The minimum absolute atomic E-state index is 0. The minimum atomic E-state index is -3.38. The summed E-state index contributed by atoms with van der Waals surface area (Å²) in [6.07, 6.45) is 4.53. The second kappa shape index (κ2) is 7.78. The van der Waals surface area contributed by atoms with Gasteiger partial charge in [0, 0.05) is 24.7 Å². The van der Waals surface area contributed by atoms with Crippen LogP contribution in [-0.4, -0.2) is 37.4 Å². The Morgan fingerprint density at radius 2 is 1.89 bits per heavy atom. The van der Waals surface area contributed by atoms with E-state index < -0.39 is 15.7 Å². The smallest absolute Gasteiger partial charge is 0.279 e. The molecule has 0 aromatic carbocycles. The number of halogens is 1. The molecule has 7 heteroatoms. The highest BCUT2D eigenvalue weighted by Crippen LogP contribution is 2.19. The van der Waals surface area contributed by atoms with Gasteiger partial charge >= 0.3 is 0 Å². The first-order chi connectivity index (χ1) is 8.34. The van der Waals surface area contributed by atoms with Gasteiger partial charge in [-0.15, -0.1) is 12.4 Å². The Balaban J connectivity index is 0.00000324. The summed E-state index contributed by atoms with van der Waals surface area (Å²) in [6.45, 7) is 6.87. The highest BCUT2D eigenvalue weighted by Gasteiger charge is 2.31. The maximum atomic E-state index is 12.2. The molecule has 0 aliphatic carbocycles. The molecule has 1 unspecified atom stereocenters. The van der Waals surface area contributed by atoms with Crippen molar-refractivity contribution >= 4 is 22.6 Å². The fourth-order valence-corrected chi connectivity index (χ4v) is 3.83. The lowest BCUT2D eigenvalue weighted by Gasteiger charge is -2.34. The first-order valence-corrected chi connectivity index (χ1v) is 8.34. The van der Waals surface area contributed by atoms with Crippen molar-refractivity contribution in [2.45, 2.75) is 64.5 Å². The predicted molar refractivity (Wildman–Crippen MR) is 81.7 cm³/mol. The van der Waals surface area contributed by atoms with Crippen molar-refractivity contribution in [1.82, 2.24) is 9.03 Å². The molecule has 19 heavy (non-hydrogen) atoms. The molecule has 0 bridgehead atoms. The van der Waals surface area contributed by atoms with Gasteiger partial charge in [0.2, 0.25) is 0 Å². The van der Waals surface area contributed by atoms with E-state index in [0.29, 0.717) is 13.1 Å². The highest BCUT2D eigenvalue weighted by atomic mass is 35.5. The maximum absolute atomic E-state index is 12.2. The van der Waals surface area contributed by atoms with Crippen molar-refractivity contribution in [3.63, 3.8) is 0 Å². The van der Waals surface area contributed by atoms with Gasteiger partial charge in [0.1, 0.15) is 0 Å². The van der Waals surface area contributed by atoms with Crippen molar-refractivity contribution in [2.24, 2.45) is 5.73 Å². The molecule has 0 aromatic heterocycles. The fourth-order valence-electron chi connectivity index (χ4n) is 2.25. The topological polar surface area (TPSA) is 75.4 Å². The van der Waals surface area contributed by atoms with E-state index in [9.17, 15) is 8.42 Å². The predicted octanol–water partition coefficient (Wildman–Crippen LogP) is 1.63. The second-order valence-electron chi connectivity index (χ2n) is 5.35. The van der Waals surface area contributed by atoms with Crippen LogP contribution in [0.1, 0.15) is 52.9 Å². The summed E-state index contributed by atoms with van der Waals surface area (Å²) in [5.41, 5.74) is 5.68.